The van der Waals surface area contributed by atoms with Crippen LogP contribution in [0.25, 0.3) is 0 Å². The van der Waals surface area contributed by atoms with Crippen molar-refractivity contribution in [3.8, 4) is 0 Å². The van der Waals surface area contributed by atoms with Crippen LogP contribution in [0.4, 0.5) is 0 Å². The first kappa shape index (κ1) is 13.1. The summed E-state index contributed by atoms with van der Waals surface area (Å²) >= 11 is 0. The van der Waals surface area contributed by atoms with Gasteiger partial charge in [-0.1, -0.05) is 43.7 Å². The molecule has 3 nitrogen and oxygen atoms in total. The number of benzene rings is 1. The molecule has 1 aliphatic heterocycles. The van der Waals surface area contributed by atoms with Crippen LogP contribution in [0.5, 0.6) is 0 Å². The van der Waals surface area contributed by atoms with Crippen LogP contribution in [0.3, 0.4) is 0 Å². The van der Waals surface area contributed by atoms with Gasteiger partial charge in [0.15, 0.2) is 5.60 Å². The molecule has 2 rings (SSSR count). The molecule has 3 heteroatoms. The Labute approximate surface area is 108 Å². The Morgan fingerprint density at radius 2 is 1.94 bits per heavy atom. The maximum atomic E-state index is 12.2. The van der Waals surface area contributed by atoms with E-state index in [2.05, 4.69) is 0 Å². The molecule has 2 unspecified atom stereocenters. The Kier molecular flexibility index (Phi) is 3.44. The first-order chi connectivity index (χ1) is 8.60. The smallest absolute Gasteiger partial charge is 0.341 e. The lowest BCUT2D eigenvalue weighted by Crippen LogP contribution is -2.33. The summed E-state index contributed by atoms with van der Waals surface area (Å²) in [5.41, 5.74) is -0.304. The van der Waals surface area contributed by atoms with E-state index in [9.17, 15) is 4.79 Å². The average Bonchev–Trinajstić information content (AvgIpc) is 2.99. The summed E-state index contributed by atoms with van der Waals surface area (Å²) in [6.45, 7) is 6.22. The van der Waals surface area contributed by atoms with Gasteiger partial charge in [-0.2, -0.15) is 0 Å². The minimum absolute atomic E-state index is 0.238. The zero-order valence-electron chi connectivity index (χ0n) is 11.2. The molecule has 0 bridgehead atoms. The second-order valence-corrected chi connectivity index (χ2v) is 4.80. The van der Waals surface area contributed by atoms with E-state index in [1.54, 1.807) is 0 Å². The SMILES string of the molecule is CCCC1(C(=O)OCC)OC1(C)c1ccccc1. The highest BCUT2D eigenvalue weighted by Gasteiger charge is 2.72. The van der Waals surface area contributed by atoms with Gasteiger partial charge in [0.1, 0.15) is 5.60 Å². The number of hydrogen-bond donors (Lipinski definition) is 0. The van der Waals surface area contributed by atoms with Gasteiger partial charge >= 0.3 is 5.97 Å². The fourth-order valence-corrected chi connectivity index (χ4v) is 2.60. The average molecular weight is 248 g/mol. The summed E-state index contributed by atoms with van der Waals surface area (Å²) in [6, 6.07) is 9.88. The van der Waals surface area contributed by atoms with Crippen molar-refractivity contribution in [2.45, 2.75) is 44.8 Å². The molecule has 0 radical (unpaired) electrons. The van der Waals surface area contributed by atoms with Crippen LogP contribution in [0.15, 0.2) is 30.3 Å². The quantitative estimate of drug-likeness (QED) is 0.594. The van der Waals surface area contributed by atoms with E-state index in [0.717, 1.165) is 12.0 Å². The topological polar surface area (TPSA) is 38.8 Å². The number of ether oxygens (including phenoxy) is 2. The third kappa shape index (κ3) is 1.83. The van der Waals surface area contributed by atoms with Crippen molar-refractivity contribution in [1.82, 2.24) is 0 Å². The predicted molar refractivity (Wildman–Crippen MR) is 69.2 cm³/mol. The van der Waals surface area contributed by atoms with E-state index >= 15 is 0 Å². The Hall–Kier alpha value is -1.35. The second-order valence-electron chi connectivity index (χ2n) is 4.80. The summed E-state index contributed by atoms with van der Waals surface area (Å²) in [5, 5.41) is 0. The highest BCUT2D eigenvalue weighted by molar-refractivity contribution is 5.85. The van der Waals surface area contributed by atoms with Crippen molar-refractivity contribution in [3.05, 3.63) is 35.9 Å². The minimum Gasteiger partial charge on any atom is -0.464 e. The normalized spacial score (nSPS) is 29.9. The maximum absolute atomic E-state index is 12.2. The highest BCUT2D eigenvalue weighted by Crippen LogP contribution is 2.58. The van der Waals surface area contributed by atoms with Gasteiger partial charge in [-0.15, -0.1) is 0 Å². The van der Waals surface area contributed by atoms with Crippen LogP contribution in [-0.2, 0) is 19.9 Å². The minimum atomic E-state index is -0.793. The number of carbonyl (C=O) groups is 1. The third-order valence-electron chi connectivity index (χ3n) is 3.64. The molecule has 0 amide bonds. The van der Waals surface area contributed by atoms with Crippen molar-refractivity contribution in [3.63, 3.8) is 0 Å². The molecule has 0 N–H and O–H groups in total. The molecule has 0 spiro atoms. The predicted octanol–water partition coefficient (Wildman–Crippen LogP) is 3.03. The van der Waals surface area contributed by atoms with Crippen molar-refractivity contribution >= 4 is 5.97 Å². The molecule has 1 aromatic carbocycles. The van der Waals surface area contributed by atoms with Gasteiger partial charge < -0.3 is 9.47 Å². The van der Waals surface area contributed by atoms with E-state index in [4.69, 9.17) is 9.47 Å². The van der Waals surface area contributed by atoms with E-state index in [-0.39, 0.29) is 5.97 Å². The number of carbonyl (C=O) groups excluding carboxylic acids is 1. The Morgan fingerprint density at radius 1 is 1.28 bits per heavy atom. The largest absolute Gasteiger partial charge is 0.464 e. The molecule has 2 atom stereocenters. The fraction of sp³-hybridized carbons (Fsp3) is 0.533. The monoisotopic (exact) mass is 248 g/mol. The summed E-state index contributed by atoms with van der Waals surface area (Å²) in [6.07, 6.45) is 1.58. The lowest BCUT2D eigenvalue weighted by molar-refractivity contribution is -0.149. The van der Waals surface area contributed by atoms with Gasteiger partial charge in [0.25, 0.3) is 0 Å². The van der Waals surface area contributed by atoms with Gasteiger partial charge in [-0.3, -0.25) is 0 Å². The van der Waals surface area contributed by atoms with Crippen molar-refractivity contribution in [2.75, 3.05) is 6.61 Å². The van der Waals surface area contributed by atoms with Crippen LogP contribution < -0.4 is 0 Å². The molecule has 18 heavy (non-hydrogen) atoms. The maximum Gasteiger partial charge on any atom is 0.341 e. The number of rotatable bonds is 5. The zero-order chi connectivity index (χ0) is 13.2. The van der Waals surface area contributed by atoms with Crippen molar-refractivity contribution in [1.29, 1.82) is 0 Å². The third-order valence-corrected chi connectivity index (χ3v) is 3.64. The van der Waals surface area contributed by atoms with E-state index < -0.39 is 11.2 Å². The molecule has 98 valence electrons. The molecule has 0 aliphatic carbocycles. The first-order valence-corrected chi connectivity index (χ1v) is 6.53. The first-order valence-electron chi connectivity index (χ1n) is 6.53. The van der Waals surface area contributed by atoms with Crippen LogP contribution in [0.2, 0.25) is 0 Å². The molecule has 0 saturated carbocycles. The Balaban J connectivity index is 2.29. The van der Waals surface area contributed by atoms with Crippen molar-refractivity contribution in [2.24, 2.45) is 0 Å². The number of hydrogen-bond acceptors (Lipinski definition) is 3. The van der Waals surface area contributed by atoms with E-state index in [1.165, 1.54) is 0 Å². The summed E-state index contributed by atoms with van der Waals surface area (Å²) in [5.74, 6) is -0.238. The number of epoxide rings is 1. The van der Waals surface area contributed by atoms with Crippen LogP contribution in [0.1, 0.15) is 39.2 Å². The standard InChI is InChI=1S/C15H20O3/c1-4-11-15(13(16)17-5-2)14(3,18-15)12-9-7-6-8-10-12/h6-10H,4-5,11H2,1-3H3. The molecule has 1 fully saturated rings. The van der Waals surface area contributed by atoms with Crippen LogP contribution >= 0.6 is 0 Å². The molecular weight excluding hydrogens is 228 g/mol. The number of esters is 1. The molecule has 1 saturated heterocycles. The van der Waals surface area contributed by atoms with Gasteiger partial charge in [-0.25, -0.2) is 4.79 Å². The Bertz CT molecular complexity index is 429. The molecule has 0 aromatic heterocycles. The van der Waals surface area contributed by atoms with Crippen LogP contribution in [-0.4, -0.2) is 18.2 Å². The summed E-state index contributed by atoms with van der Waals surface area (Å²) in [4.78, 5) is 12.2. The lowest BCUT2D eigenvalue weighted by Gasteiger charge is -2.15. The zero-order valence-corrected chi connectivity index (χ0v) is 11.2. The van der Waals surface area contributed by atoms with Gasteiger partial charge in [0.05, 0.1) is 6.61 Å². The van der Waals surface area contributed by atoms with Gasteiger partial charge in [-0.05, 0) is 25.8 Å². The van der Waals surface area contributed by atoms with Gasteiger partial charge in [0.2, 0.25) is 0 Å². The molecular formula is C15H20O3. The highest BCUT2D eigenvalue weighted by atomic mass is 16.7. The summed E-state index contributed by atoms with van der Waals surface area (Å²) in [7, 11) is 0. The van der Waals surface area contributed by atoms with E-state index in [0.29, 0.717) is 13.0 Å². The van der Waals surface area contributed by atoms with E-state index in [1.807, 2.05) is 51.1 Å². The fourth-order valence-electron chi connectivity index (χ4n) is 2.60. The lowest BCUT2D eigenvalue weighted by atomic mass is 9.85. The van der Waals surface area contributed by atoms with Gasteiger partial charge in [0, 0.05) is 0 Å². The molecule has 1 aromatic rings. The van der Waals surface area contributed by atoms with Crippen LogP contribution in [0, 0.1) is 0 Å². The second kappa shape index (κ2) is 4.73. The molecule has 1 heterocycles. The Morgan fingerprint density at radius 3 is 2.50 bits per heavy atom. The summed E-state index contributed by atoms with van der Waals surface area (Å²) < 4.78 is 11.0. The molecule has 1 aliphatic rings. The van der Waals surface area contributed by atoms with Crippen molar-refractivity contribution < 1.29 is 14.3 Å².